The molecule has 0 unspecified atom stereocenters. The van der Waals surface area contributed by atoms with Gasteiger partial charge in [0.15, 0.2) is 0 Å². The molecule has 0 radical (unpaired) electrons. The molecule has 4 nitrogen and oxygen atoms in total. The van der Waals surface area contributed by atoms with E-state index in [4.69, 9.17) is 4.74 Å². The van der Waals surface area contributed by atoms with Gasteiger partial charge >= 0.3 is 5.69 Å². The number of nitro benzene ring substituents is 1. The summed E-state index contributed by atoms with van der Waals surface area (Å²) in [6.45, 7) is 0. The van der Waals surface area contributed by atoms with Gasteiger partial charge in [-0.15, -0.1) is 0 Å². The Morgan fingerprint density at radius 2 is 2.19 bits per heavy atom. The maximum atomic E-state index is 13.2. The number of hydrogen-bond acceptors (Lipinski definition) is 3. The van der Waals surface area contributed by atoms with Gasteiger partial charge in [0.05, 0.1) is 4.92 Å². The predicted molar refractivity (Wildman–Crippen MR) is 59.4 cm³/mol. The molecule has 6 heteroatoms. The summed E-state index contributed by atoms with van der Waals surface area (Å²) >= 11 is 3.42. The summed E-state index contributed by atoms with van der Waals surface area (Å²) in [5.41, 5.74) is -0.528. The van der Waals surface area contributed by atoms with Crippen LogP contribution < -0.4 is 4.74 Å². The van der Waals surface area contributed by atoms with Crippen molar-refractivity contribution in [3.05, 3.63) is 34.1 Å². The van der Waals surface area contributed by atoms with E-state index < -0.39 is 16.4 Å². The van der Waals surface area contributed by atoms with Crippen LogP contribution in [0.25, 0.3) is 0 Å². The summed E-state index contributed by atoms with van der Waals surface area (Å²) in [6, 6.07) is 3.59. The largest absolute Gasteiger partial charge is 0.490 e. The van der Waals surface area contributed by atoms with E-state index in [1.165, 1.54) is 6.07 Å². The second kappa shape index (κ2) is 4.37. The van der Waals surface area contributed by atoms with Crippen LogP contribution in [0.4, 0.5) is 10.1 Å². The third-order valence-electron chi connectivity index (χ3n) is 2.46. The summed E-state index contributed by atoms with van der Waals surface area (Å²) in [6.07, 6.45) is 1.82. The smallest absolute Gasteiger partial charge is 0.305 e. The summed E-state index contributed by atoms with van der Waals surface area (Å²) in [7, 11) is 0. The van der Waals surface area contributed by atoms with Gasteiger partial charge in [-0.05, 0) is 18.9 Å². The topological polar surface area (TPSA) is 52.4 Å². The van der Waals surface area contributed by atoms with E-state index in [-0.39, 0.29) is 6.10 Å². The van der Waals surface area contributed by atoms with E-state index in [9.17, 15) is 14.5 Å². The Bertz CT molecular complexity index is 421. The molecule has 2 rings (SSSR count). The van der Waals surface area contributed by atoms with Crippen molar-refractivity contribution in [2.45, 2.75) is 23.8 Å². The van der Waals surface area contributed by atoms with Crippen molar-refractivity contribution in [1.82, 2.24) is 0 Å². The second-order valence-electron chi connectivity index (χ2n) is 3.68. The molecule has 0 bridgehead atoms. The van der Waals surface area contributed by atoms with Crippen LogP contribution in [-0.4, -0.2) is 15.9 Å². The number of halogens is 2. The second-order valence-corrected chi connectivity index (χ2v) is 4.97. The first-order chi connectivity index (χ1) is 7.56. The van der Waals surface area contributed by atoms with Crippen LogP contribution in [0, 0.1) is 15.9 Å². The van der Waals surface area contributed by atoms with E-state index in [2.05, 4.69) is 15.9 Å². The van der Waals surface area contributed by atoms with Crippen molar-refractivity contribution in [1.29, 1.82) is 0 Å². The number of nitro groups is 1. The van der Waals surface area contributed by atoms with Gasteiger partial charge in [-0.25, -0.2) is 0 Å². The minimum absolute atomic E-state index is 0.0743. The fraction of sp³-hybridized carbons (Fsp3) is 0.400. The Morgan fingerprint density at radius 1 is 1.50 bits per heavy atom. The van der Waals surface area contributed by atoms with Crippen LogP contribution in [-0.2, 0) is 0 Å². The van der Waals surface area contributed by atoms with E-state index in [0.29, 0.717) is 10.6 Å². The zero-order chi connectivity index (χ0) is 11.7. The van der Waals surface area contributed by atoms with Crippen molar-refractivity contribution in [2.75, 3.05) is 0 Å². The first kappa shape index (κ1) is 11.3. The number of hydrogen-bond donors (Lipinski definition) is 0. The summed E-state index contributed by atoms with van der Waals surface area (Å²) in [4.78, 5) is 10.1. The van der Waals surface area contributed by atoms with E-state index in [1.807, 2.05) is 0 Å². The molecule has 86 valence electrons. The summed E-state index contributed by atoms with van der Waals surface area (Å²) in [5, 5.41) is 10.4. The number of benzene rings is 1. The van der Waals surface area contributed by atoms with Crippen molar-refractivity contribution in [3.63, 3.8) is 0 Å². The molecule has 1 aromatic carbocycles. The van der Waals surface area contributed by atoms with E-state index in [1.54, 1.807) is 0 Å². The van der Waals surface area contributed by atoms with Gasteiger partial charge in [-0.3, -0.25) is 10.1 Å². The van der Waals surface area contributed by atoms with Gasteiger partial charge in [0, 0.05) is 17.0 Å². The van der Waals surface area contributed by atoms with Crippen LogP contribution in [0.5, 0.6) is 5.75 Å². The maximum absolute atomic E-state index is 13.2. The Morgan fingerprint density at radius 3 is 2.69 bits per heavy atom. The molecule has 0 aromatic heterocycles. The SMILES string of the molecule is O=[N+]([O-])c1ccc(OC2CC(Br)C2)cc1F. The third kappa shape index (κ3) is 2.32. The van der Waals surface area contributed by atoms with Gasteiger partial charge in [-0.1, -0.05) is 15.9 Å². The highest BCUT2D eigenvalue weighted by Gasteiger charge is 2.29. The molecule has 0 N–H and O–H groups in total. The zero-order valence-corrected chi connectivity index (χ0v) is 9.81. The lowest BCUT2D eigenvalue weighted by molar-refractivity contribution is -0.387. The Labute approximate surface area is 99.7 Å². The predicted octanol–water partition coefficient (Wildman–Crippen LogP) is 3.04. The summed E-state index contributed by atoms with van der Waals surface area (Å²) in [5.74, 6) is -0.523. The first-order valence-corrected chi connectivity index (χ1v) is 5.72. The first-order valence-electron chi connectivity index (χ1n) is 4.81. The minimum atomic E-state index is -0.864. The average molecular weight is 290 g/mol. The van der Waals surface area contributed by atoms with Crippen molar-refractivity contribution in [2.24, 2.45) is 0 Å². The van der Waals surface area contributed by atoms with Crippen LogP contribution in [0.3, 0.4) is 0 Å². The zero-order valence-electron chi connectivity index (χ0n) is 8.23. The third-order valence-corrected chi connectivity index (χ3v) is 3.20. The van der Waals surface area contributed by atoms with E-state index >= 15 is 0 Å². The molecule has 1 saturated carbocycles. The number of ether oxygens (including phenoxy) is 1. The molecule has 0 saturated heterocycles. The lowest BCUT2D eigenvalue weighted by Crippen LogP contribution is -2.33. The standard InChI is InChI=1S/C10H9BrFNO3/c11-6-3-8(4-6)16-7-1-2-10(13(14)15)9(12)5-7/h1-2,5-6,8H,3-4H2. The van der Waals surface area contributed by atoms with Crippen LogP contribution in [0.1, 0.15) is 12.8 Å². The molecule has 1 aliphatic rings. The molecule has 0 spiro atoms. The molecule has 0 amide bonds. The molecule has 1 aromatic rings. The van der Waals surface area contributed by atoms with Crippen molar-refractivity contribution >= 4 is 21.6 Å². The van der Waals surface area contributed by atoms with E-state index in [0.717, 1.165) is 25.0 Å². The Kier molecular flexibility index (Phi) is 3.09. The lowest BCUT2D eigenvalue weighted by Gasteiger charge is -2.31. The fourth-order valence-electron chi connectivity index (χ4n) is 1.50. The molecule has 0 atom stereocenters. The number of rotatable bonds is 3. The molecule has 16 heavy (non-hydrogen) atoms. The van der Waals surface area contributed by atoms with Gasteiger partial charge in [0.2, 0.25) is 5.82 Å². The minimum Gasteiger partial charge on any atom is -0.490 e. The lowest BCUT2D eigenvalue weighted by atomic mass is 9.96. The average Bonchev–Trinajstić information content (AvgIpc) is 2.15. The van der Waals surface area contributed by atoms with Crippen molar-refractivity contribution < 1.29 is 14.1 Å². The fourth-order valence-corrected chi connectivity index (χ4v) is 2.33. The maximum Gasteiger partial charge on any atom is 0.305 e. The normalized spacial score (nSPS) is 23.6. The number of nitrogens with zero attached hydrogens (tertiary/aromatic N) is 1. The van der Waals surface area contributed by atoms with Crippen LogP contribution >= 0.6 is 15.9 Å². The van der Waals surface area contributed by atoms with Gasteiger partial charge in [0.25, 0.3) is 0 Å². The highest BCUT2D eigenvalue weighted by Crippen LogP contribution is 2.32. The highest BCUT2D eigenvalue weighted by molar-refractivity contribution is 9.09. The Balaban J connectivity index is 2.06. The monoisotopic (exact) mass is 289 g/mol. The molecule has 1 fully saturated rings. The number of alkyl halides is 1. The van der Waals surface area contributed by atoms with Gasteiger partial charge in [-0.2, -0.15) is 4.39 Å². The molecule has 0 aliphatic heterocycles. The Hall–Kier alpha value is -1.17. The molecular formula is C10H9BrFNO3. The van der Waals surface area contributed by atoms with Gasteiger partial charge in [0.1, 0.15) is 11.9 Å². The van der Waals surface area contributed by atoms with Crippen molar-refractivity contribution in [3.8, 4) is 5.75 Å². The quantitative estimate of drug-likeness (QED) is 0.488. The van der Waals surface area contributed by atoms with Gasteiger partial charge < -0.3 is 4.74 Å². The molecule has 1 aliphatic carbocycles. The van der Waals surface area contributed by atoms with Crippen LogP contribution in [0.2, 0.25) is 0 Å². The molecular weight excluding hydrogens is 281 g/mol. The highest BCUT2D eigenvalue weighted by atomic mass is 79.9. The van der Waals surface area contributed by atoms with Crippen LogP contribution in [0.15, 0.2) is 18.2 Å². The molecule has 0 heterocycles. The summed E-state index contributed by atoms with van der Waals surface area (Å²) < 4.78 is 18.7.